The second-order valence-electron chi connectivity index (χ2n) is 4.75. The van der Waals surface area contributed by atoms with Crippen molar-refractivity contribution in [1.29, 1.82) is 0 Å². The summed E-state index contributed by atoms with van der Waals surface area (Å²) < 4.78 is 14.5. The molecule has 1 aliphatic heterocycles. The van der Waals surface area contributed by atoms with E-state index in [1.165, 1.54) is 13.8 Å². The van der Waals surface area contributed by atoms with Gasteiger partial charge in [-0.2, -0.15) is 0 Å². The third-order valence-electron chi connectivity index (χ3n) is 3.08. The largest absolute Gasteiger partial charge is 0.482 e. The second kappa shape index (κ2) is 7.37. The van der Waals surface area contributed by atoms with Crippen molar-refractivity contribution in [2.24, 2.45) is 0 Å². The van der Waals surface area contributed by atoms with Gasteiger partial charge < -0.3 is 24.4 Å². The molecule has 2 N–H and O–H groups in total. The van der Waals surface area contributed by atoms with Crippen LogP contribution in [0.5, 0.6) is 0 Å². The summed E-state index contributed by atoms with van der Waals surface area (Å²) in [5, 5.41) is 20.7. The van der Waals surface area contributed by atoms with Crippen LogP contribution in [0.4, 0.5) is 0 Å². The zero-order valence-corrected chi connectivity index (χ0v) is 12.7. The van der Waals surface area contributed by atoms with E-state index in [-0.39, 0.29) is 31.0 Å². The lowest BCUT2D eigenvalue weighted by molar-refractivity contribution is -0.181. The fourth-order valence-electron chi connectivity index (χ4n) is 2.11. The molecule has 1 heterocycles. The van der Waals surface area contributed by atoms with Crippen molar-refractivity contribution in [3.63, 3.8) is 0 Å². The zero-order valence-electron chi connectivity index (χ0n) is 12.7. The molecule has 8 heteroatoms. The average Bonchev–Trinajstić information content (AvgIpc) is 2.77. The van der Waals surface area contributed by atoms with Gasteiger partial charge in [-0.05, 0) is 20.8 Å². The first kappa shape index (κ1) is 18.1. The molecule has 0 unspecified atom stereocenters. The van der Waals surface area contributed by atoms with Gasteiger partial charge in [0.15, 0.2) is 0 Å². The zero-order chi connectivity index (χ0) is 16.9. The van der Waals surface area contributed by atoms with E-state index in [0.717, 1.165) is 6.26 Å². The summed E-state index contributed by atoms with van der Waals surface area (Å²) >= 11 is 0. The van der Waals surface area contributed by atoms with E-state index in [4.69, 9.17) is 14.2 Å². The first-order valence-corrected chi connectivity index (χ1v) is 6.88. The predicted molar refractivity (Wildman–Crippen MR) is 72.5 cm³/mol. The van der Waals surface area contributed by atoms with Crippen LogP contribution < -0.4 is 0 Å². The molecule has 0 aromatic carbocycles. The van der Waals surface area contributed by atoms with Gasteiger partial charge in [-0.1, -0.05) is 0 Å². The highest BCUT2D eigenvalue weighted by atomic mass is 16.6. The number of ether oxygens (including phenoxy) is 3. The Labute approximate surface area is 127 Å². The fourth-order valence-corrected chi connectivity index (χ4v) is 2.11. The van der Waals surface area contributed by atoms with E-state index < -0.39 is 29.7 Å². The minimum Gasteiger partial charge on any atom is -0.482 e. The topological polar surface area (TPSA) is 119 Å². The third-order valence-corrected chi connectivity index (χ3v) is 3.08. The van der Waals surface area contributed by atoms with Crippen LogP contribution in [0, 0.1) is 0 Å². The van der Waals surface area contributed by atoms with Gasteiger partial charge in [0.25, 0.3) is 0 Å². The molecule has 0 saturated heterocycles. The van der Waals surface area contributed by atoms with Gasteiger partial charge in [0, 0.05) is 12.0 Å². The molecule has 0 saturated carbocycles. The number of rotatable bonds is 7. The Bertz CT molecular complexity index is 483. The molecule has 0 amide bonds. The van der Waals surface area contributed by atoms with E-state index in [0.29, 0.717) is 0 Å². The average molecular weight is 316 g/mol. The maximum Gasteiger partial charge on any atom is 0.351 e. The Kier molecular flexibility index (Phi) is 6.07. The smallest absolute Gasteiger partial charge is 0.351 e. The summed E-state index contributed by atoms with van der Waals surface area (Å²) in [7, 11) is 0. The first-order valence-electron chi connectivity index (χ1n) is 6.88. The summed E-state index contributed by atoms with van der Waals surface area (Å²) in [4.78, 5) is 35.1. The van der Waals surface area contributed by atoms with Crippen LogP contribution >= 0.6 is 0 Å². The predicted octanol–water partition coefficient (Wildman–Crippen LogP) is -0.534. The minimum absolute atomic E-state index is 0.0168. The fraction of sp³-hybridized carbons (Fsp3) is 0.643. The van der Waals surface area contributed by atoms with Gasteiger partial charge in [-0.3, -0.25) is 4.79 Å². The number of carbonyl (C=O) groups is 3. The molecular formula is C14H20O8. The van der Waals surface area contributed by atoms with Gasteiger partial charge in [0.2, 0.25) is 11.7 Å². The Morgan fingerprint density at radius 2 is 1.91 bits per heavy atom. The summed E-state index contributed by atoms with van der Waals surface area (Å²) in [5.41, 5.74) is -2.84. The highest BCUT2D eigenvalue weighted by Crippen LogP contribution is 2.35. The molecule has 8 nitrogen and oxygen atoms in total. The van der Waals surface area contributed by atoms with Crippen LogP contribution in [-0.4, -0.2) is 59.0 Å². The van der Waals surface area contributed by atoms with Crippen LogP contribution in [-0.2, 0) is 28.6 Å². The molecule has 1 aliphatic rings. The number of Topliss-reactive ketones (excluding diaryl/α,β-unsaturated/α-hetero) is 1. The highest BCUT2D eigenvalue weighted by molar-refractivity contribution is 5.93. The molecular weight excluding hydrogens is 296 g/mol. The lowest BCUT2D eigenvalue weighted by atomic mass is 9.85. The lowest BCUT2D eigenvalue weighted by Gasteiger charge is -2.29. The minimum atomic E-state index is -2.53. The standard InChI is InChI=1S/C14H20O8/c1-4-20-12(17)11-14(19,13(18)21-5-2)9(7-22-11)10(16)6-8(3)15/h7,10-11,16,19H,4-6H2,1-3H3/t10-,11-,14-/m1/s1. The molecule has 0 aromatic heterocycles. The summed E-state index contributed by atoms with van der Waals surface area (Å²) in [6, 6.07) is 0. The van der Waals surface area contributed by atoms with Gasteiger partial charge >= 0.3 is 11.9 Å². The van der Waals surface area contributed by atoms with Crippen LogP contribution in [0.2, 0.25) is 0 Å². The van der Waals surface area contributed by atoms with E-state index in [2.05, 4.69) is 0 Å². The van der Waals surface area contributed by atoms with Crippen molar-refractivity contribution >= 4 is 17.7 Å². The van der Waals surface area contributed by atoms with E-state index in [9.17, 15) is 24.6 Å². The van der Waals surface area contributed by atoms with E-state index in [1.54, 1.807) is 6.92 Å². The Balaban J connectivity index is 3.13. The molecule has 0 radical (unpaired) electrons. The van der Waals surface area contributed by atoms with E-state index >= 15 is 0 Å². The van der Waals surface area contributed by atoms with Crippen molar-refractivity contribution in [3.05, 3.63) is 11.8 Å². The summed E-state index contributed by atoms with van der Waals surface area (Å²) in [6.07, 6.45) is -2.62. The molecule has 22 heavy (non-hydrogen) atoms. The second-order valence-corrected chi connectivity index (χ2v) is 4.75. The van der Waals surface area contributed by atoms with Crippen molar-refractivity contribution in [2.75, 3.05) is 13.2 Å². The highest BCUT2D eigenvalue weighted by Gasteiger charge is 2.59. The quantitative estimate of drug-likeness (QED) is 0.601. The van der Waals surface area contributed by atoms with Crippen LogP contribution in [0.25, 0.3) is 0 Å². The van der Waals surface area contributed by atoms with Crippen molar-refractivity contribution in [1.82, 2.24) is 0 Å². The molecule has 0 bridgehead atoms. The molecule has 0 spiro atoms. The maximum absolute atomic E-state index is 12.1. The number of aliphatic hydroxyl groups excluding tert-OH is 1. The Morgan fingerprint density at radius 3 is 2.41 bits per heavy atom. The molecule has 124 valence electrons. The summed E-state index contributed by atoms with van der Waals surface area (Å²) in [6.45, 7) is 4.28. The normalized spacial score (nSPS) is 25.0. The molecule has 1 rings (SSSR count). The van der Waals surface area contributed by atoms with Crippen molar-refractivity contribution in [3.8, 4) is 0 Å². The van der Waals surface area contributed by atoms with Gasteiger partial charge in [0.1, 0.15) is 5.78 Å². The third kappa shape index (κ3) is 3.45. The van der Waals surface area contributed by atoms with Gasteiger partial charge in [-0.25, -0.2) is 9.59 Å². The SMILES string of the molecule is CCOC(=O)[C@H]1OC=C([C@H](O)CC(C)=O)[C@]1(O)C(=O)OCC. The van der Waals surface area contributed by atoms with Crippen LogP contribution in [0.15, 0.2) is 11.8 Å². The van der Waals surface area contributed by atoms with Gasteiger partial charge in [-0.15, -0.1) is 0 Å². The molecule has 0 aromatic rings. The van der Waals surface area contributed by atoms with E-state index in [1.807, 2.05) is 0 Å². The van der Waals surface area contributed by atoms with Crippen LogP contribution in [0.3, 0.4) is 0 Å². The van der Waals surface area contributed by atoms with Crippen LogP contribution in [0.1, 0.15) is 27.2 Å². The molecule has 0 fully saturated rings. The number of aliphatic hydroxyl groups is 2. The van der Waals surface area contributed by atoms with Gasteiger partial charge in [0.05, 0.1) is 25.6 Å². The number of hydrogen-bond acceptors (Lipinski definition) is 8. The maximum atomic E-state index is 12.1. The number of carbonyl (C=O) groups excluding carboxylic acids is 3. The lowest BCUT2D eigenvalue weighted by Crippen LogP contribution is -2.55. The number of esters is 2. The monoisotopic (exact) mass is 316 g/mol. The number of hydrogen-bond donors (Lipinski definition) is 2. The molecule has 3 atom stereocenters. The number of ketones is 1. The van der Waals surface area contributed by atoms with Crippen molar-refractivity contribution in [2.45, 2.75) is 45.0 Å². The van der Waals surface area contributed by atoms with Crippen molar-refractivity contribution < 1.29 is 38.8 Å². The first-order chi connectivity index (χ1) is 10.3. The Hall–Kier alpha value is -1.93. The molecule has 0 aliphatic carbocycles. The Morgan fingerprint density at radius 1 is 1.32 bits per heavy atom. The summed E-state index contributed by atoms with van der Waals surface area (Å²) in [5.74, 6) is -2.49.